The van der Waals surface area contributed by atoms with E-state index in [1.54, 1.807) is 4.90 Å². The number of carbonyl (C=O) groups excluding carboxylic acids is 1. The first kappa shape index (κ1) is 14.0. The summed E-state index contributed by atoms with van der Waals surface area (Å²) in [5, 5.41) is 16.3. The first-order valence-electron chi connectivity index (χ1n) is 7.51. The van der Waals surface area contributed by atoms with Gasteiger partial charge in [0.1, 0.15) is 5.82 Å². The molecule has 1 aromatic rings. The van der Waals surface area contributed by atoms with E-state index in [2.05, 4.69) is 15.2 Å². The van der Waals surface area contributed by atoms with Crippen molar-refractivity contribution < 1.29 is 14.7 Å². The van der Waals surface area contributed by atoms with E-state index in [4.69, 9.17) is 0 Å². The quantitative estimate of drug-likeness (QED) is 0.854. The number of aromatic nitrogens is 3. The van der Waals surface area contributed by atoms with Crippen LogP contribution in [-0.4, -0.2) is 50.2 Å². The van der Waals surface area contributed by atoms with Crippen LogP contribution in [0.1, 0.15) is 61.4 Å². The Bertz CT molecular complexity index is 566. The summed E-state index contributed by atoms with van der Waals surface area (Å²) < 4.78 is 0. The average Bonchev–Trinajstić information content (AvgIpc) is 3.03. The van der Waals surface area contributed by atoms with Gasteiger partial charge in [-0.25, -0.2) is 4.98 Å². The smallest absolute Gasteiger partial charge is 0.311 e. The highest BCUT2D eigenvalue weighted by atomic mass is 16.4. The van der Waals surface area contributed by atoms with Crippen molar-refractivity contribution in [3.8, 4) is 0 Å². The zero-order valence-electron chi connectivity index (χ0n) is 12.1. The lowest BCUT2D eigenvalue weighted by Crippen LogP contribution is -2.37. The minimum Gasteiger partial charge on any atom is -0.481 e. The summed E-state index contributed by atoms with van der Waals surface area (Å²) in [4.78, 5) is 29.8. The van der Waals surface area contributed by atoms with E-state index >= 15 is 0 Å². The minimum atomic E-state index is -0.812. The Morgan fingerprint density at radius 1 is 1.48 bits per heavy atom. The van der Waals surface area contributed by atoms with E-state index in [1.165, 1.54) is 0 Å². The van der Waals surface area contributed by atoms with Crippen molar-refractivity contribution in [1.82, 2.24) is 20.1 Å². The number of nitrogens with one attached hydrogen (secondary N) is 1. The molecule has 1 amide bonds. The summed E-state index contributed by atoms with van der Waals surface area (Å²) in [7, 11) is 0. The Labute approximate surface area is 122 Å². The molecule has 7 heteroatoms. The van der Waals surface area contributed by atoms with Gasteiger partial charge in [-0.15, -0.1) is 5.10 Å². The number of H-pyrrole nitrogens is 1. The number of hydrogen-bond donors (Lipinski definition) is 2. The van der Waals surface area contributed by atoms with Gasteiger partial charge in [0.25, 0.3) is 5.91 Å². The van der Waals surface area contributed by atoms with Crippen LogP contribution in [0.3, 0.4) is 0 Å². The van der Waals surface area contributed by atoms with Crippen molar-refractivity contribution in [2.75, 3.05) is 13.1 Å². The van der Waals surface area contributed by atoms with Gasteiger partial charge in [-0.3, -0.25) is 14.7 Å². The lowest BCUT2D eigenvalue weighted by atomic mass is 9.83. The third-order valence-electron chi connectivity index (χ3n) is 4.48. The van der Waals surface area contributed by atoms with Crippen molar-refractivity contribution in [3.63, 3.8) is 0 Å². The van der Waals surface area contributed by atoms with E-state index in [-0.39, 0.29) is 18.3 Å². The Balaban J connectivity index is 1.72. The molecule has 2 N–H and O–H groups in total. The second-order valence-corrected chi connectivity index (χ2v) is 6.13. The molecule has 21 heavy (non-hydrogen) atoms. The van der Waals surface area contributed by atoms with Gasteiger partial charge in [-0.1, -0.05) is 13.3 Å². The monoisotopic (exact) mass is 292 g/mol. The molecular formula is C14H20N4O3. The fourth-order valence-electron chi connectivity index (χ4n) is 3.06. The molecule has 0 radical (unpaired) electrons. The van der Waals surface area contributed by atoms with Crippen LogP contribution in [0.25, 0.3) is 0 Å². The van der Waals surface area contributed by atoms with Gasteiger partial charge in [-0.2, -0.15) is 0 Å². The topological polar surface area (TPSA) is 99.2 Å². The third-order valence-corrected chi connectivity index (χ3v) is 4.48. The van der Waals surface area contributed by atoms with Gasteiger partial charge in [0.2, 0.25) is 5.82 Å². The number of amides is 1. The molecule has 2 fully saturated rings. The van der Waals surface area contributed by atoms with Gasteiger partial charge in [0, 0.05) is 19.0 Å². The number of aromatic amines is 1. The van der Waals surface area contributed by atoms with Crippen LogP contribution in [0, 0.1) is 5.41 Å². The van der Waals surface area contributed by atoms with Gasteiger partial charge in [0.15, 0.2) is 0 Å². The molecule has 1 saturated carbocycles. The number of aliphatic carboxylic acids is 1. The molecule has 0 spiro atoms. The number of likely N-dealkylation sites (tertiary alicyclic amines) is 1. The number of carboxylic acid groups (broad SMARTS) is 1. The van der Waals surface area contributed by atoms with Crippen LogP contribution < -0.4 is 0 Å². The number of carboxylic acids is 1. The van der Waals surface area contributed by atoms with Gasteiger partial charge < -0.3 is 10.0 Å². The fourth-order valence-corrected chi connectivity index (χ4v) is 3.06. The summed E-state index contributed by atoms with van der Waals surface area (Å²) >= 11 is 0. The number of hydrogen-bond acceptors (Lipinski definition) is 4. The molecule has 1 aliphatic carbocycles. The molecule has 7 nitrogen and oxygen atoms in total. The molecule has 1 aliphatic heterocycles. The summed E-state index contributed by atoms with van der Waals surface area (Å²) in [6.07, 6.45) is 4.06. The van der Waals surface area contributed by atoms with Crippen molar-refractivity contribution in [1.29, 1.82) is 0 Å². The largest absolute Gasteiger partial charge is 0.481 e. The van der Waals surface area contributed by atoms with Crippen LogP contribution in [0.15, 0.2) is 0 Å². The number of carbonyl (C=O) groups is 2. The van der Waals surface area contributed by atoms with E-state index < -0.39 is 11.4 Å². The van der Waals surface area contributed by atoms with Crippen LogP contribution in [0.2, 0.25) is 0 Å². The summed E-state index contributed by atoms with van der Waals surface area (Å²) in [6, 6.07) is 0. The molecule has 0 aromatic carbocycles. The Morgan fingerprint density at radius 2 is 2.24 bits per heavy atom. The molecular weight excluding hydrogens is 272 g/mol. The highest BCUT2D eigenvalue weighted by Gasteiger charge is 2.46. The van der Waals surface area contributed by atoms with Gasteiger partial charge in [0.05, 0.1) is 5.41 Å². The predicted octanol–water partition coefficient (Wildman–Crippen LogP) is 1.40. The number of rotatable bonds is 5. The highest BCUT2D eigenvalue weighted by Crippen LogP contribution is 2.38. The molecule has 1 saturated heterocycles. The van der Waals surface area contributed by atoms with Gasteiger partial charge in [-0.05, 0) is 25.7 Å². The lowest BCUT2D eigenvalue weighted by molar-refractivity contribution is -0.148. The van der Waals surface area contributed by atoms with E-state index in [0.29, 0.717) is 25.3 Å². The Kier molecular flexibility index (Phi) is 3.43. The van der Waals surface area contributed by atoms with Crippen LogP contribution >= 0.6 is 0 Å². The third kappa shape index (κ3) is 2.52. The van der Waals surface area contributed by atoms with Gasteiger partial charge >= 0.3 is 5.97 Å². The maximum Gasteiger partial charge on any atom is 0.311 e. The van der Waals surface area contributed by atoms with Crippen molar-refractivity contribution in [3.05, 3.63) is 11.6 Å². The fraction of sp³-hybridized carbons (Fsp3) is 0.714. The molecule has 1 aromatic heterocycles. The maximum atomic E-state index is 12.4. The number of nitrogens with zero attached hydrogens (tertiary/aromatic N) is 3. The molecule has 3 rings (SSSR count). The SMILES string of the molecule is CCCC1(C(=O)O)CCN(C(=O)c2n[nH]c(C3CC3)n2)C1. The van der Waals surface area contributed by atoms with E-state index in [9.17, 15) is 14.7 Å². The molecule has 0 bridgehead atoms. The zero-order valence-corrected chi connectivity index (χ0v) is 12.1. The average molecular weight is 292 g/mol. The van der Waals surface area contributed by atoms with Crippen molar-refractivity contribution >= 4 is 11.9 Å². The van der Waals surface area contributed by atoms with Crippen molar-refractivity contribution in [2.45, 2.75) is 44.9 Å². The highest BCUT2D eigenvalue weighted by molar-refractivity contribution is 5.91. The molecule has 1 atom stereocenters. The molecule has 1 unspecified atom stereocenters. The standard InChI is InChI=1S/C14H20N4O3/c1-2-5-14(13(20)21)6-7-18(8-14)12(19)11-15-10(16-17-11)9-3-4-9/h9H,2-8H2,1H3,(H,20,21)(H,15,16,17). The first-order valence-corrected chi connectivity index (χ1v) is 7.51. The van der Waals surface area contributed by atoms with Crippen LogP contribution in [0.5, 0.6) is 0 Å². The normalized spacial score (nSPS) is 25.3. The second kappa shape index (κ2) is 5.13. The Hall–Kier alpha value is -1.92. The lowest BCUT2D eigenvalue weighted by Gasteiger charge is -2.23. The Morgan fingerprint density at radius 3 is 2.86 bits per heavy atom. The predicted molar refractivity (Wildman–Crippen MR) is 73.9 cm³/mol. The summed E-state index contributed by atoms with van der Waals surface area (Å²) in [5.74, 6) is 0.270. The maximum absolute atomic E-state index is 12.4. The van der Waals surface area contributed by atoms with Crippen LogP contribution in [0.4, 0.5) is 0 Å². The second-order valence-electron chi connectivity index (χ2n) is 6.13. The summed E-state index contributed by atoms with van der Waals surface area (Å²) in [6.45, 7) is 2.67. The van der Waals surface area contributed by atoms with E-state index in [0.717, 1.165) is 25.1 Å². The van der Waals surface area contributed by atoms with Crippen LogP contribution in [-0.2, 0) is 4.79 Å². The zero-order chi connectivity index (χ0) is 15.0. The molecule has 2 heterocycles. The molecule has 114 valence electrons. The first-order chi connectivity index (χ1) is 10.1. The van der Waals surface area contributed by atoms with E-state index in [1.807, 2.05) is 6.92 Å². The summed E-state index contributed by atoms with van der Waals surface area (Å²) in [5.41, 5.74) is -0.806. The van der Waals surface area contributed by atoms with Crippen molar-refractivity contribution in [2.24, 2.45) is 5.41 Å². The minimum absolute atomic E-state index is 0.162. The molecule has 2 aliphatic rings.